The minimum atomic E-state index is -1.44. The van der Waals surface area contributed by atoms with Gasteiger partial charge in [-0.05, 0) is 110 Å². The fourth-order valence-electron chi connectivity index (χ4n) is 12.7. The van der Waals surface area contributed by atoms with Crippen LogP contribution in [0.2, 0.25) is 0 Å². The van der Waals surface area contributed by atoms with Crippen LogP contribution >= 0.6 is 0 Å². The fourth-order valence-corrected chi connectivity index (χ4v) is 12.7. The molecule has 1 spiro atoms. The predicted octanol–water partition coefficient (Wildman–Crippen LogP) is 5.17. The first-order chi connectivity index (χ1) is 23.4. The molecule has 3 unspecified atom stereocenters. The molecule has 7 rings (SSSR count). The van der Waals surface area contributed by atoms with E-state index >= 15 is 0 Å². The lowest BCUT2D eigenvalue weighted by Gasteiger charge is -2.66. The van der Waals surface area contributed by atoms with Crippen LogP contribution in [0.15, 0.2) is 34.6 Å². The number of fused-ring (bicyclic) bond motifs is 4. The van der Waals surface area contributed by atoms with Gasteiger partial charge in [-0.15, -0.1) is 0 Å². The maximum absolute atomic E-state index is 14.3. The SMILES string of the molecule is C[C@@H]1CC[C@@]2(C)C3=C(CC[C@@H]2[C@@]1(C)C[C@H](O)C1=CC(=O)OC1O)OC1(CC3)C(=O)CC[C@@H]2[C@@](C)(C[C@H](O)C3=CC(=O)OC3O)[C@H](C)CC[C@]21C. The number of aliphatic hydroxyl groups is 4. The van der Waals surface area contributed by atoms with Crippen LogP contribution in [0.3, 0.4) is 0 Å². The van der Waals surface area contributed by atoms with Gasteiger partial charge in [-0.1, -0.05) is 41.5 Å². The summed E-state index contributed by atoms with van der Waals surface area (Å²) in [6, 6.07) is 0. The van der Waals surface area contributed by atoms with Crippen molar-refractivity contribution in [1.82, 2.24) is 0 Å². The maximum Gasteiger partial charge on any atom is 0.333 e. The van der Waals surface area contributed by atoms with E-state index in [9.17, 15) is 34.8 Å². The van der Waals surface area contributed by atoms with E-state index in [1.165, 1.54) is 17.7 Å². The minimum Gasteiger partial charge on any atom is -0.483 e. The van der Waals surface area contributed by atoms with E-state index in [1.807, 2.05) is 0 Å². The van der Waals surface area contributed by atoms with Gasteiger partial charge >= 0.3 is 11.9 Å². The number of esters is 2. The number of hydrogen-bond acceptors (Lipinski definition) is 10. The van der Waals surface area contributed by atoms with E-state index < -0.39 is 47.7 Å². The average molecular weight is 697 g/mol. The molecule has 4 aliphatic carbocycles. The highest BCUT2D eigenvalue weighted by molar-refractivity contribution is 5.90. The van der Waals surface area contributed by atoms with Gasteiger partial charge in [0.2, 0.25) is 12.6 Å². The summed E-state index contributed by atoms with van der Waals surface area (Å²) in [5.41, 5.74) is -0.537. The first-order valence-corrected chi connectivity index (χ1v) is 18.9. The summed E-state index contributed by atoms with van der Waals surface area (Å²) >= 11 is 0. The van der Waals surface area contributed by atoms with Crippen LogP contribution in [0.4, 0.5) is 0 Å². The highest BCUT2D eigenvalue weighted by atomic mass is 16.6. The number of rotatable bonds is 6. The molecule has 0 saturated heterocycles. The number of hydrogen-bond donors (Lipinski definition) is 4. The lowest BCUT2D eigenvalue weighted by molar-refractivity contribution is -0.218. The Hall–Kier alpha value is -2.53. The van der Waals surface area contributed by atoms with Crippen molar-refractivity contribution in [1.29, 1.82) is 0 Å². The molecule has 13 atom stereocenters. The summed E-state index contributed by atoms with van der Waals surface area (Å²) in [4.78, 5) is 38.0. The minimum absolute atomic E-state index is 0.0763. The van der Waals surface area contributed by atoms with Gasteiger partial charge in [0.1, 0.15) is 0 Å². The van der Waals surface area contributed by atoms with Crippen molar-refractivity contribution in [2.75, 3.05) is 0 Å². The van der Waals surface area contributed by atoms with Crippen LogP contribution < -0.4 is 0 Å². The van der Waals surface area contributed by atoms with Crippen LogP contribution in [0, 0.1) is 45.3 Å². The summed E-state index contributed by atoms with van der Waals surface area (Å²) in [5, 5.41) is 43.3. The van der Waals surface area contributed by atoms with Gasteiger partial charge in [0.25, 0.3) is 0 Å². The van der Waals surface area contributed by atoms with Crippen molar-refractivity contribution >= 4 is 17.7 Å². The van der Waals surface area contributed by atoms with Crippen LogP contribution in [-0.4, -0.2) is 68.5 Å². The molecule has 7 aliphatic rings. The average Bonchev–Trinajstić information content (AvgIpc) is 3.58. The van der Waals surface area contributed by atoms with Crippen molar-refractivity contribution in [3.63, 3.8) is 0 Å². The Kier molecular flexibility index (Phi) is 8.61. The maximum atomic E-state index is 14.3. The first kappa shape index (κ1) is 35.9. The second-order valence-corrected chi connectivity index (χ2v) is 18.0. The van der Waals surface area contributed by atoms with Gasteiger partial charge in [-0.2, -0.15) is 0 Å². The number of allylic oxidation sites excluding steroid dienone is 2. The smallest absolute Gasteiger partial charge is 0.333 e. The summed E-state index contributed by atoms with van der Waals surface area (Å²) in [6.45, 7) is 13.5. The number of Topliss-reactive ketones (excluding diaryl/α,β-unsaturated/α-hetero) is 1. The zero-order valence-corrected chi connectivity index (χ0v) is 30.5. The van der Waals surface area contributed by atoms with Crippen molar-refractivity contribution in [2.45, 2.75) is 149 Å². The number of carbonyl (C=O) groups is 3. The Morgan fingerprint density at radius 2 is 1.24 bits per heavy atom. The second kappa shape index (κ2) is 12.0. The van der Waals surface area contributed by atoms with Gasteiger partial charge < -0.3 is 34.6 Å². The van der Waals surface area contributed by atoms with Crippen LogP contribution in [0.1, 0.15) is 119 Å². The molecule has 276 valence electrons. The lowest BCUT2D eigenvalue weighted by Crippen LogP contribution is -2.67. The van der Waals surface area contributed by atoms with Gasteiger partial charge in [0.05, 0.1) is 18.0 Å². The van der Waals surface area contributed by atoms with Gasteiger partial charge in [-0.25, -0.2) is 9.59 Å². The number of carbonyl (C=O) groups excluding carboxylic acids is 3. The van der Waals surface area contributed by atoms with Crippen LogP contribution in [0.5, 0.6) is 0 Å². The molecule has 0 radical (unpaired) electrons. The number of aliphatic hydroxyl groups excluding tert-OH is 4. The van der Waals surface area contributed by atoms with E-state index in [2.05, 4.69) is 41.5 Å². The largest absolute Gasteiger partial charge is 0.483 e. The lowest BCUT2D eigenvalue weighted by atomic mass is 9.41. The Balaban J connectivity index is 1.18. The monoisotopic (exact) mass is 696 g/mol. The first-order valence-electron chi connectivity index (χ1n) is 18.9. The van der Waals surface area contributed by atoms with Crippen LogP contribution in [-0.2, 0) is 28.6 Å². The molecule has 0 aromatic carbocycles. The molecule has 0 amide bonds. The van der Waals surface area contributed by atoms with Gasteiger partial charge in [0.15, 0.2) is 11.4 Å². The molecule has 50 heavy (non-hydrogen) atoms. The normalized spacial score (nSPS) is 47.0. The second-order valence-electron chi connectivity index (χ2n) is 18.0. The Bertz CT molecular complexity index is 1560. The van der Waals surface area contributed by atoms with Gasteiger partial charge in [-0.3, -0.25) is 4.79 Å². The molecule has 3 aliphatic heterocycles. The molecule has 3 heterocycles. The molecule has 10 nitrogen and oxygen atoms in total. The molecule has 3 fully saturated rings. The zero-order valence-electron chi connectivity index (χ0n) is 30.5. The Morgan fingerprint density at radius 1 is 0.720 bits per heavy atom. The van der Waals surface area contributed by atoms with E-state index in [0.717, 1.165) is 44.3 Å². The number of ether oxygens (including phenoxy) is 3. The van der Waals surface area contributed by atoms with E-state index in [-0.39, 0.29) is 50.9 Å². The molecule has 4 N–H and O–H groups in total. The highest BCUT2D eigenvalue weighted by Crippen LogP contribution is 2.70. The topological polar surface area (TPSA) is 160 Å². The molecule has 10 heteroatoms. The van der Waals surface area contributed by atoms with E-state index in [1.54, 1.807) is 0 Å². The van der Waals surface area contributed by atoms with Gasteiger partial charge in [0, 0.05) is 41.6 Å². The standard InChI is InChI=1S/C40H56O10/c1-21-11-14-36(3)25-13-16-40(50-28(25)7-8-29(36)37(21,4)19-26(41)23-17-32(44)48-34(23)46)31(43)10-9-30-38(5,22(2)12-15-39(30,40)6)20-27(42)24-18-33(45)49-35(24)47/h17-18,21-22,26-27,29-30,34-35,41-42,46-47H,7-16,19-20H2,1-6H3/t21-,22-,26+,27+,29+,30-,34?,35?,36+,37+,38+,39-,40?/m1/s1. The fraction of sp³-hybridized carbons (Fsp3) is 0.775. The summed E-state index contributed by atoms with van der Waals surface area (Å²) in [7, 11) is 0. The summed E-state index contributed by atoms with van der Waals surface area (Å²) in [6.07, 6.45) is 6.02. The number of cyclic esters (lactones) is 2. The molecule has 3 saturated carbocycles. The van der Waals surface area contributed by atoms with Crippen LogP contribution in [0.25, 0.3) is 0 Å². The van der Waals surface area contributed by atoms with E-state index in [4.69, 9.17) is 14.2 Å². The van der Waals surface area contributed by atoms with Crippen molar-refractivity contribution < 1.29 is 49.0 Å². The van der Waals surface area contributed by atoms with Crippen molar-refractivity contribution in [2.24, 2.45) is 45.3 Å². The Morgan fingerprint density at radius 3 is 1.78 bits per heavy atom. The molecular weight excluding hydrogens is 640 g/mol. The number of ketones is 1. The van der Waals surface area contributed by atoms with Crippen molar-refractivity contribution in [3.8, 4) is 0 Å². The zero-order chi connectivity index (χ0) is 36.2. The third-order valence-corrected chi connectivity index (χ3v) is 15.9. The third kappa shape index (κ3) is 5.05. The quantitative estimate of drug-likeness (QED) is 0.273. The summed E-state index contributed by atoms with van der Waals surface area (Å²) < 4.78 is 17.1. The molecule has 0 aromatic heterocycles. The summed E-state index contributed by atoms with van der Waals surface area (Å²) in [5.74, 6) is 0.723. The predicted molar refractivity (Wildman–Crippen MR) is 181 cm³/mol. The molecule has 0 aromatic rings. The molecular formula is C40H56O10. The molecule has 0 bridgehead atoms. The Labute approximate surface area is 295 Å². The highest BCUT2D eigenvalue weighted by Gasteiger charge is 2.69. The van der Waals surface area contributed by atoms with Crippen molar-refractivity contribution in [3.05, 3.63) is 34.6 Å². The third-order valence-electron chi connectivity index (χ3n) is 15.9. The van der Waals surface area contributed by atoms with E-state index in [0.29, 0.717) is 44.4 Å².